The van der Waals surface area contributed by atoms with Gasteiger partial charge in [-0.1, -0.05) is 32.5 Å². The second-order valence-electron chi connectivity index (χ2n) is 6.63. The molecule has 0 aliphatic heterocycles. The van der Waals surface area contributed by atoms with Gasteiger partial charge in [0, 0.05) is 11.3 Å². The molecule has 1 aliphatic rings. The molecule has 0 aromatic carbocycles. The third-order valence-electron chi connectivity index (χ3n) is 4.22. The first-order valence-electron chi connectivity index (χ1n) is 7.13. The van der Waals surface area contributed by atoms with E-state index in [2.05, 4.69) is 48.3 Å². The maximum atomic E-state index is 4.43. The Balaban J connectivity index is 2.05. The molecule has 19 heavy (non-hydrogen) atoms. The van der Waals surface area contributed by atoms with E-state index in [0.717, 1.165) is 16.9 Å². The fourth-order valence-electron chi connectivity index (χ4n) is 2.89. The van der Waals surface area contributed by atoms with Gasteiger partial charge in [-0.15, -0.1) is 5.10 Å². The van der Waals surface area contributed by atoms with Crippen LogP contribution in [0.2, 0.25) is 0 Å². The molecule has 2 rings (SSSR count). The molecule has 0 amide bonds. The maximum absolute atomic E-state index is 4.43. The smallest absolute Gasteiger partial charge is 0.208 e. The van der Waals surface area contributed by atoms with Gasteiger partial charge in [0.25, 0.3) is 0 Å². The first-order chi connectivity index (χ1) is 8.90. The van der Waals surface area contributed by atoms with Gasteiger partial charge < -0.3 is 5.32 Å². The van der Waals surface area contributed by atoms with Gasteiger partial charge in [0.15, 0.2) is 0 Å². The molecule has 1 heterocycles. The molecule has 1 fully saturated rings. The van der Waals surface area contributed by atoms with E-state index >= 15 is 0 Å². The van der Waals surface area contributed by atoms with E-state index in [-0.39, 0.29) is 0 Å². The summed E-state index contributed by atoms with van der Waals surface area (Å²) in [6.45, 7) is 9.02. The van der Waals surface area contributed by atoms with Crippen molar-refractivity contribution in [3.63, 3.8) is 0 Å². The zero-order chi connectivity index (χ0) is 14.0. The zero-order valence-electron chi connectivity index (χ0n) is 12.7. The van der Waals surface area contributed by atoms with Crippen molar-refractivity contribution in [2.24, 2.45) is 11.3 Å². The van der Waals surface area contributed by atoms with Crippen LogP contribution in [0.4, 0.5) is 0 Å². The van der Waals surface area contributed by atoms with Crippen molar-refractivity contribution in [2.75, 3.05) is 7.05 Å². The van der Waals surface area contributed by atoms with Gasteiger partial charge in [0.2, 0.25) is 5.16 Å². The van der Waals surface area contributed by atoms with Crippen molar-refractivity contribution in [2.45, 2.75) is 63.4 Å². The molecule has 1 aromatic heterocycles. The highest BCUT2D eigenvalue weighted by Gasteiger charge is 2.36. The average molecular weight is 282 g/mol. The number of H-pyrrole nitrogens is 1. The van der Waals surface area contributed by atoms with Crippen LogP contribution in [0.1, 0.15) is 45.9 Å². The Morgan fingerprint density at radius 1 is 1.32 bits per heavy atom. The number of aryl methyl sites for hydroxylation is 1. The average Bonchev–Trinajstić information content (AvgIpc) is 2.73. The summed E-state index contributed by atoms with van der Waals surface area (Å²) in [5.41, 5.74) is 0.395. The molecule has 0 radical (unpaired) electrons. The van der Waals surface area contributed by atoms with Gasteiger partial charge >= 0.3 is 0 Å². The number of nitrogens with zero attached hydrogens (tertiary/aromatic N) is 2. The first-order valence-corrected chi connectivity index (χ1v) is 8.01. The fourth-order valence-corrected chi connectivity index (χ4v) is 4.21. The highest BCUT2D eigenvalue weighted by Crippen LogP contribution is 2.42. The monoisotopic (exact) mass is 282 g/mol. The van der Waals surface area contributed by atoms with Crippen LogP contribution in [0.15, 0.2) is 5.16 Å². The lowest BCUT2D eigenvalue weighted by molar-refractivity contribution is 0.167. The molecule has 108 valence electrons. The van der Waals surface area contributed by atoms with E-state index in [4.69, 9.17) is 0 Å². The molecular formula is C14H26N4S. The second-order valence-corrected chi connectivity index (χ2v) is 7.84. The van der Waals surface area contributed by atoms with Crippen LogP contribution in [-0.2, 0) is 0 Å². The molecule has 3 atom stereocenters. The molecule has 0 bridgehead atoms. The van der Waals surface area contributed by atoms with Crippen molar-refractivity contribution >= 4 is 11.8 Å². The highest BCUT2D eigenvalue weighted by atomic mass is 32.2. The van der Waals surface area contributed by atoms with Crippen molar-refractivity contribution in [3.05, 3.63) is 5.82 Å². The van der Waals surface area contributed by atoms with Gasteiger partial charge in [-0.3, -0.25) is 5.10 Å². The van der Waals surface area contributed by atoms with Crippen LogP contribution < -0.4 is 5.32 Å². The van der Waals surface area contributed by atoms with Crippen LogP contribution in [0.3, 0.4) is 0 Å². The van der Waals surface area contributed by atoms with Crippen molar-refractivity contribution < 1.29 is 0 Å². The largest absolute Gasteiger partial charge is 0.316 e. The minimum atomic E-state index is 0.395. The molecule has 0 saturated heterocycles. The summed E-state index contributed by atoms with van der Waals surface area (Å²) in [5.74, 6) is 1.68. The van der Waals surface area contributed by atoms with E-state index in [1.54, 1.807) is 0 Å². The number of aromatic amines is 1. The summed E-state index contributed by atoms with van der Waals surface area (Å²) in [6.07, 6.45) is 3.81. The van der Waals surface area contributed by atoms with Crippen LogP contribution in [0, 0.1) is 18.3 Å². The number of thioether (sulfide) groups is 1. The summed E-state index contributed by atoms with van der Waals surface area (Å²) in [5, 5.41) is 12.1. The summed E-state index contributed by atoms with van der Waals surface area (Å²) < 4.78 is 0. The Kier molecular flexibility index (Phi) is 4.56. The minimum Gasteiger partial charge on any atom is -0.316 e. The summed E-state index contributed by atoms with van der Waals surface area (Å²) in [7, 11) is 2.07. The zero-order valence-corrected chi connectivity index (χ0v) is 13.5. The van der Waals surface area contributed by atoms with Gasteiger partial charge in [-0.25, -0.2) is 4.98 Å². The van der Waals surface area contributed by atoms with Crippen LogP contribution in [0.5, 0.6) is 0 Å². The summed E-state index contributed by atoms with van der Waals surface area (Å²) in [4.78, 5) is 4.43. The predicted octanol–water partition coefficient (Wildman–Crippen LogP) is 3.01. The normalized spacial score (nSPS) is 28.6. The van der Waals surface area contributed by atoms with Crippen LogP contribution >= 0.6 is 11.8 Å². The van der Waals surface area contributed by atoms with Crippen LogP contribution in [0.25, 0.3) is 0 Å². The lowest BCUT2D eigenvalue weighted by Gasteiger charge is -2.41. The Bertz CT molecular complexity index is 410. The standard InChI is InChI=1S/C14H26N4S/c1-9-16-13(18-17-9)19-12-8-10(14(2,3)4)6-7-11(12)15-5/h10-12,15H,6-8H2,1-5H3,(H,16,17,18). The number of nitrogens with one attached hydrogen (secondary N) is 2. The summed E-state index contributed by atoms with van der Waals surface area (Å²) in [6, 6.07) is 0.572. The highest BCUT2D eigenvalue weighted by molar-refractivity contribution is 7.99. The second kappa shape index (κ2) is 5.83. The molecule has 1 saturated carbocycles. The topological polar surface area (TPSA) is 53.6 Å². The quantitative estimate of drug-likeness (QED) is 0.895. The van der Waals surface area contributed by atoms with Gasteiger partial charge in [0.1, 0.15) is 5.82 Å². The third-order valence-corrected chi connectivity index (χ3v) is 5.44. The minimum absolute atomic E-state index is 0.395. The predicted molar refractivity (Wildman–Crippen MR) is 80.4 cm³/mol. The fraction of sp³-hybridized carbons (Fsp3) is 0.857. The summed E-state index contributed by atoms with van der Waals surface area (Å²) >= 11 is 1.82. The lowest BCUT2D eigenvalue weighted by atomic mass is 9.71. The Labute approximate surface area is 120 Å². The molecular weight excluding hydrogens is 256 g/mol. The molecule has 1 aliphatic carbocycles. The first kappa shape index (κ1) is 14.9. The molecule has 3 unspecified atom stereocenters. The van der Waals surface area contributed by atoms with E-state index < -0.39 is 0 Å². The molecule has 5 heteroatoms. The lowest BCUT2D eigenvalue weighted by Crippen LogP contribution is -2.43. The van der Waals surface area contributed by atoms with Crippen LogP contribution in [-0.4, -0.2) is 33.5 Å². The van der Waals surface area contributed by atoms with Gasteiger partial charge in [0.05, 0.1) is 0 Å². The van der Waals surface area contributed by atoms with Gasteiger partial charge in [-0.05, 0) is 44.6 Å². The molecule has 2 N–H and O–H groups in total. The Hall–Kier alpha value is -0.550. The third kappa shape index (κ3) is 3.72. The van der Waals surface area contributed by atoms with E-state index in [1.165, 1.54) is 19.3 Å². The molecule has 1 aromatic rings. The number of rotatable bonds is 3. The molecule has 0 spiro atoms. The van der Waals surface area contributed by atoms with Crippen molar-refractivity contribution in [3.8, 4) is 0 Å². The maximum Gasteiger partial charge on any atom is 0.208 e. The van der Waals surface area contributed by atoms with E-state index in [0.29, 0.717) is 16.7 Å². The Morgan fingerprint density at radius 3 is 2.58 bits per heavy atom. The Morgan fingerprint density at radius 2 is 2.05 bits per heavy atom. The number of aromatic nitrogens is 3. The van der Waals surface area contributed by atoms with E-state index in [9.17, 15) is 0 Å². The number of hydrogen-bond acceptors (Lipinski definition) is 4. The SMILES string of the molecule is CNC1CCC(C(C)(C)C)CC1Sc1n[nH]c(C)n1. The van der Waals surface area contributed by atoms with Crippen molar-refractivity contribution in [1.29, 1.82) is 0 Å². The van der Waals surface area contributed by atoms with E-state index in [1.807, 2.05) is 18.7 Å². The van der Waals surface area contributed by atoms with Gasteiger partial charge in [-0.2, -0.15) is 0 Å². The molecule has 4 nitrogen and oxygen atoms in total. The van der Waals surface area contributed by atoms with Crippen molar-refractivity contribution in [1.82, 2.24) is 20.5 Å². The number of hydrogen-bond donors (Lipinski definition) is 2.